The predicted molar refractivity (Wildman–Crippen MR) is 192 cm³/mol. The smallest absolute Gasteiger partial charge is 0.112 e. The van der Waals surface area contributed by atoms with Crippen LogP contribution >= 0.6 is 0 Å². The van der Waals surface area contributed by atoms with E-state index in [1.807, 2.05) is 0 Å². The second-order valence-electron chi connectivity index (χ2n) is 13.9. The molecule has 43 heavy (non-hydrogen) atoms. The van der Waals surface area contributed by atoms with Gasteiger partial charge in [-0.05, 0) is 82.7 Å². The fourth-order valence-electron chi connectivity index (χ4n) is 6.03. The topological polar surface area (TPSA) is 28.0 Å². The monoisotopic (exact) mass is 579 g/mol. The van der Waals surface area contributed by atoms with Crippen LogP contribution in [-0.4, -0.2) is 11.7 Å². The number of hydrogen-bond donors (Lipinski definition) is 0. The van der Waals surface area contributed by atoms with Crippen molar-refractivity contribution in [2.24, 2.45) is 9.98 Å². The van der Waals surface area contributed by atoms with Crippen LogP contribution < -0.4 is 4.90 Å². The second-order valence-corrected chi connectivity index (χ2v) is 13.9. The Kier molecular flexibility index (Phi) is 11.6. The number of aliphatic imine (C=N–C) groups is 2. The number of amidine groups is 2. The quantitative estimate of drug-likeness (QED) is 0.183. The Balaban J connectivity index is 2.47. The molecule has 0 heterocycles. The minimum atomic E-state index is 0.347. The minimum Gasteiger partial charge on any atom is -0.286 e. The highest BCUT2D eigenvalue weighted by atomic mass is 15.2. The lowest BCUT2D eigenvalue weighted by Crippen LogP contribution is -2.35. The molecule has 0 unspecified atom stereocenters. The summed E-state index contributed by atoms with van der Waals surface area (Å²) >= 11 is 0. The molecule has 0 bridgehead atoms. The maximum absolute atomic E-state index is 5.52. The maximum atomic E-state index is 5.52. The molecule has 3 aromatic carbocycles. The van der Waals surface area contributed by atoms with Crippen LogP contribution in [0.2, 0.25) is 0 Å². The van der Waals surface area contributed by atoms with E-state index < -0.39 is 0 Å². The van der Waals surface area contributed by atoms with Gasteiger partial charge in [-0.15, -0.1) is 0 Å². The average molecular weight is 580 g/mol. The molecule has 232 valence electrons. The van der Waals surface area contributed by atoms with Gasteiger partial charge in [-0.2, -0.15) is 0 Å². The lowest BCUT2D eigenvalue weighted by Gasteiger charge is -2.32. The summed E-state index contributed by atoms with van der Waals surface area (Å²) in [6, 6.07) is 20.1. The molecule has 0 aromatic heterocycles. The van der Waals surface area contributed by atoms with Crippen LogP contribution in [-0.2, 0) is 0 Å². The first-order valence-corrected chi connectivity index (χ1v) is 16.5. The fourth-order valence-corrected chi connectivity index (χ4v) is 6.03. The molecule has 0 fully saturated rings. The summed E-state index contributed by atoms with van der Waals surface area (Å²) in [5.74, 6) is 4.06. The third kappa shape index (κ3) is 7.66. The first-order chi connectivity index (χ1) is 20.2. The van der Waals surface area contributed by atoms with Crippen molar-refractivity contribution in [1.82, 2.24) is 0 Å². The molecule has 0 saturated carbocycles. The number of para-hydroxylation sites is 3. The highest BCUT2D eigenvalue weighted by Crippen LogP contribution is 2.40. The fraction of sp³-hybridized carbons (Fsp3) is 0.500. The van der Waals surface area contributed by atoms with Crippen molar-refractivity contribution in [3.05, 3.63) is 88.0 Å². The molecule has 0 N–H and O–H groups in total. The van der Waals surface area contributed by atoms with Gasteiger partial charge in [0.15, 0.2) is 0 Å². The summed E-state index contributed by atoms with van der Waals surface area (Å²) in [6.07, 6.45) is 0. The van der Waals surface area contributed by atoms with Gasteiger partial charge < -0.3 is 0 Å². The zero-order valence-corrected chi connectivity index (χ0v) is 29.5. The normalized spacial score (nSPS) is 13.0. The average Bonchev–Trinajstić information content (AvgIpc) is 2.92. The molecule has 0 radical (unpaired) electrons. The number of nitrogens with zero attached hydrogens (tertiary/aromatic N) is 3. The third-order valence-corrected chi connectivity index (χ3v) is 8.45. The molecule has 0 aliphatic rings. The Morgan fingerprint density at radius 3 is 0.884 bits per heavy atom. The number of benzene rings is 3. The third-order valence-electron chi connectivity index (χ3n) is 8.45. The highest BCUT2D eigenvalue weighted by Gasteiger charge is 2.25. The summed E-state index contributed by atoms with van der Waals surface area (Å²) in [6.45, 7) is 31.6. The van der Waals surface area contributed by atoms with E-state index in [1.165, 1.54) is 39.1 Å². The van der Waals surface area contributed by atoms with E-state index in [-0.39, 0.29) is 0 Å². The van der Waals surface area contributed by atoms with Crippen molar-refractivity contribution in [1.29, 1.82) is 0 Å². The van der Waals surface area contributed by atoms with Crippen LogP contribution in [0.15, 0.2) is 64.6 Å². The van der Waals surface area contributed by atoms with Gasteiger partial charge in [-0.1, -0.05) is 138 Å². The number of rotatable bonds is 9. The Hall–Kier alpha value is -3.20. The lowest BCUT2D eigenvalue weighted by atomic mass is 9.91. The van der Waals surface area contributed by atoms with E-state index in [9.17, 15) is 0 Å². The molecule has 3 heteroatoms. The molecule has 0 aliphatic heterocycles. The van der Waals surface area contributed by atoms with Crippen molar-refractivity contribution in [3.8, 4) is 0 Å². The van der Waals surface area contributed by atoms with Crippen molar-refractivity contribution in [2.75, 3.05) is 4.90 Å². The second kappa shape index (κ2) is 14.5. The Labute approximate surface area is 263 Å². The van der Waals surface area contributed by atoms with Crippen LogP contribution in [0.1, 0.15) is 166 Å². The SMILES string of the molecule is CC(=Nc1c(C(C)C)cccc1C(C)C)N(C(C)=Nc1c(C(C)C)cccc1C(C)C)c1c(C(C)C)cccc1C(C)C. The molecule has 0 saturated heterocycles. The predicted octanol–water partition coefficient (Wildman–Crippen LogP) is 12.7. The van der Waals surface area contributed by atoms with Gasteiger partial charge >= 0.3 is 0 Å². The minimum absolute atomic E-state index is 0.347. The highest BCUT2D eigenvalue weighted by molar-refractivity contribution is 6.19. The van der Waals surface area contributed by atoms with Gasteiger partial charge in [0.25, 0.3) is 0 Å². The van der Waals surface area contributed by atoms with E-state index in [4.69, 9.17) is 9.98 Å². The van der Waals surface area contributed by atoms with E-state index in [1.54, 1.807) is 0 Å². The largest absolute Gasteiger partial charge is 0.286 e. The maximum Gasteiger partial charge on any atom is 0.112 e. The van der Waals surface area contributed by atoms with Gasteiger partial charge in [-0.25, -0.2) is 9.98 Å². The van der Waals surface area contributed by atoms with E-state index in [0.29, 0.717) is 35.5 Å². The molecule has 3 nitrogen and oxygen atoms in total. The number of anilines is 1. The first kappa shape index (κ1) is 34.3. The van der Waals surface area contributed by atoms with Gasteiger partial charge in [0.2, 0.25) is 0 Å². The molecular formula is C40H57N3. The molecule has 0 amide bonds. The summed E-state index contributed by atoms with van der Waals surface area (Å²) in [4.78, 5) is 13.4. The Morgan fingerprint density at radius 2 is 0.651 bits per heavy atom. The molecule has 0 spiro atoms. The Morgan fingerprint density at radius 1 is 0.419 bits per heavy atom. The van der Waals surface area contributed by atoms with Crippen molar-refractivity contribution < 1.29 is 0 Å². The summed E-state index contributed by atoms with van der Waals surface area (Å²) in [7, 11) is 0. The van der Waals surface area contributed by atoms with Crippen LogP contribution in [0.25, 0.3) is 0 Å². The van der Waals surface area contributed by atoms with Crippen molar-refractivity contribution in [2.45, 2.75) is 132 Å². The number of hydrogen-bond acceptors (Lipinski definition) is 2. The van der Waals surface area contributed by atoms with Crippen LogP contribution in [0.5, 0.6) is 0 Å². The van der Waals surface area contributed by atoms with E-state index in [0.717, 1.165) is 23.0 Å². The molecular weight excluding hydrogens is 522 g/mol. The zero-order chi connectivity index (χ0) is 32.2. The molecule has 0 aliphatic carbocycles. The van der Waals surface area contributed by atoms with Gasteiger partial charge in [0.1, 0.15) is 11.7 Å². The van der Waals surface area contributed by atoms with Crippen LogP contribution in [0.3, 0.4) is 0 Å². The summed E-state index contributed by atoms with van der Waals surface area (Å²) < 4.78 is 0. The summed E-state index contributed by atoms with van der Waals surface area (Å²) in [5.41, 5.74) is 11.2. The van der Waals surface area contributed by atoms with Crippen LogP contribution in [0, 0.1) is 0 Å². The molecule has 0 atom stereocenters. The van der Waals surface area contributed by atoms with Crippen molar-refractivity contribution >= 4 is 28.7 Å². The zero-order valence-electron chi connectivity index (χ0n) is 29.5. The summed E-state index contributed by atoms with van der Waals surface area (Å²) in [5, 5.41) is 0. The lowest BCUT2D eigenvalue weighted by molar-refractivity contribution is 0.830. The molecule has 3 rings (SSSR count). The molecule has 3 aromatic rings. The standard InChI is InChI=1S/C40H57N3/c1-24(2)32-18-15-19-33(25(3)4)38(32)41-30(13)43(40-36(28(9)10)22-17-23-37(40)29(11)12)31(14)42-39-34(26(5)6)20-16-21-35(39)27(7)8/h15-29H,1-14H3. The van der Waals surface area contributed by atoms with Crippen LogP contribution in [0.4, 0.5) is 17.1 Å². The first-order valence-electron chi connectivity index (χ1n) is 16.5. The van der Waals surface area contributed by atoms with Crippen molar-refractivity contribution in [3.63, 3.8) is 0 Å². The van der Waals surface area contributed by atoms with E-state index in [2.05, 4.69) is 156 Å². The van der Waals surface area contributed by atoms with Gasteiger partial charge in [-0.3, -0.25) is 4.90 Å². The Bertz CT molecular complexity index is 1290. The van der Waals surface area contributed by atoms with Gasteiger partial charge in [0.05, 0.1) is 17.1 Å². The van der Waals surface area contributed by atoms with E-state index >= 15 is 0 Å². The van der Waals surface area contributed by atoms with Gasteiger partial charge in [0, 0.05) is 0 Å².